The predicted molar refractivity (Wildman–Crippen MR) is 77.3 cm³/mol. The van der Waals surface area contributed by atoms with Crippen molar-refractivity contribution in [2.75, 3.05) is 24.6 Å². The summed E-state index contributed by atoms with van der Waals surface area (Å²) >= 11 is 1.31. The number of rotatable bonds is 6. The summed E-state index contributed by atoms with van der Waals surface area (Å²) in [5.41, 5.74) is 5.77. The van der Waals surface area contributed by atoms with Gasteiger partial charge in [-0.2, -0.15) is 0 Å². The van der Waals surface area contributed by atoms with Gasteiger partial charge in [0.1, 0.15) is 10.7 Å². The SMILES string of the molecule is CNc1nc(N)c(C(=O)NCC(C2CC2)C2CC2)s1. The zero-order valence-electron chi connectivity index (χ0n) is 11.1. The first-order valence-electron chi connectivity index (χ1n) is 6.91. The molecule has 1 aromatic rings. The lowest BCUT2D eigenvalue weighted by Gasteiger charge is -2.15. The first kappa shape index (κ1) is 12.7. The van der Waals surface area contributed by atoms with Crippen molar-refractivity contribution in [2.24, 2.45) is 17.8 Å². The maximum Gasteiger partial charge on any atom is 0.265 e. The Balaban J connectivity index is 1.59. The van der Waals surface area contributed by atoms with Crippen LogP contribution in [0.5, 0.6) is 0 Å². The Morgan fingerprint density at radius 1 is 1.42 bits per heavy atom. The third-order valence-corrected chi connectivity index (χ3v) is 5.11. The molecule has 2 aliphatic rings. The standard InChI is InChI=1S/C13H20N4OS/c1-15-13-17-11(14)10(19-13)12(18)16-6-9(7-2-3-7)8-4-5-8/h7-9H,2-6,14H2,1H3,(H,15,17)(H,16,18). The molecule has 2 aliphatic carbocycles. The number of amides is 1. The van der Waals surface area contributed by atoms with E-state index >= 15 is 0 Å². The maximum absolute atomic E-state index is 12.1. The number of carbonyl (C=O) groups excluding carboxylic acids is 1. The summed E-state index contributed by atoms with van der Waals surface area (Å²) < 4.78 is 0. The molecule has 0 aliphatic heterocycles. The fourth-order valence-corrected chi connectivity index (χ4v) is 3.41. The monoisotopic (exact) mass is 280 g/mol. The number of anilines is 2. The van der Waals surface area contributed by atoms with E-state index in [2.05, 4.69) is 15.6 Å². The average molecular weight is 280 g/mol. The van der Waals surface area contributed by atoms with Crippen molar-refractivity contribution in [3.05, 3.63) is 4.88 Å². The predicted octanol–water partition coefficient (Wildman–Crippen LogP) is 1.93. The van der Waals surface area contributed by atoms with Gasteiger partial charge >= 0.3 is 0 Å². The Labute approximate surface area is 117 Å². The second-order valence-electron chi connectivity index (χ2n) is 5.53. The number of nitrogens with two attached hydrogens (primary N) is 1. The third kappa shape index (κ3) is 2.83. The van der Waals surface area contributed by atoms with Crippen LogP contribution in [0.15, 0.2) is 0 Å². The number of hydrogen-bond acceptors (Lipinski definition) is 5. The Hall–Kier alpha value is -1.30. The Kier molecular flexibility index (Phi) is 3.35. The summed E-state index contributed by atoms with van der Waals surface area (Å²) in [7, 11) is 1.77. The molecule has 104 valence electrons. The van der Waals surface area contributed by atoms with Crippen molar-refractivity contribution >= 4 is 28.2 Å². The molecule has 1 heterocycles. The lowest BCUT2D eigenvalue weighted by molar-refractivity contribution is 0.0948. The molecule has 19 heavy (non-hydrogen) atoms. The van der Waals surface area contributed by atoms with Crippen molar-refractivity contribution in [1.29, 1.82) is 0 Å². The lowest BCUT2D eigenvalue weighted by atomic mass is 9.98. The highest BCUT2D eigenvalue weighted by Gasteiger charge is 2.41. The van der Waals surface area contributed by atoms with Gasteiger partial charge in [0.05, 0.1) is 0 Å². The van der Waals surface area contributed by atoms with Crippen LogP contribution in [0.4, 0.5) is 10.9 Å². The van der Waals surface area contributed by atoms with E-state index in [0.29, 0.717) is 21.7 Å². The van der Waals surface area contributed by atoms with Gasteiger partial charge in [0.2, 0.25) is 0 Å². The topological polar surface area (TPSA) is 80.0 Å². The van der Waals surface area contributed by atoms with Crippen LogP contribution in [0.2, 0.25) is 0 Å². The van der Waals surface area contributed by atoms with Crippen LogP contribution < -0.4 is 16.4 Å². The Morgan fingerprint density at radius 3 is 2.53 bits per heavy atom. The quantitative estimate of drug-likeness (QED) is 0.744. The van der Waals surface area contributed by atoms with E-state index in [0.717, 1.165) is 18.4 Å². The van der Waals surface area contributed by atoms with E-state index in [-0.39, 0.29) is 5.91 Å². The summed E-state index contributed by atoms with van der Waals surface area (Å²) in [5, 5.41) is 6.64. The molecular weight excluding hydrogens is 260 g/mol. The van der Waals surface area contributed by atoms with Crippen molar-refractivity contribution in [3.8, 4) is 0 Å². The van der Waals surface area contributed by atoms with E-state index in [9.17, 15) is 4.79 Å². The van der Waals surface area contributed by atoms with Gasteiger partial charge < -0.3 is 16.4 Å². The van der Waals surface area contributed by atoms with Gasteiger partial charge in [-0.25, -0.2) is 4.98 Å². The van der Waals surface area contributed by atoms with E-state index in [1.165, 1.54) is 37.0 Å². The normalized spacial score (nSPS) is 18.6. The number of nitrogens with one attached hydrogen (secondary N) is 2. The van der Waals surface area contributed by atoms with Gasteiger partial charge in [-0.15, -0.1) is 0 Å². The van der Waals surface area contributed by atoms with Gasteiger partial charge in [-0.05, 0) is 43.4 Å². The molecule has 2 fully saturated rings. The summed E-state index contributed by atoms with van der Waals surface area (Å²) in [5.74, 6) is 2.62. The number of carbonyl (C=O) groups is 1. The van der Waals surface area contributed by atoms with Crippen LogP contribution >= 0.6 is 11.3 Å². The summed E-state index contributed by atoms with van der Waals surface area (Å²) in [4.78, 5) is 16.8. The molecule has 0 unspecified atom stereocenters. The summed E-state index contributed by atoms with van der Waals surface area (Å²) in [6.45, 7) is 0.792. The molecule has 5 nitrogen and oxygen atoms in total. The number of thiazole rings is 1. The largest absolute Gasteiger partial charge is 0.382 e. The number of nitrogen functional groups attached to an aromatic ring is 1. The van der Waals surface area contributed by atoms with Crippen LogP contribution in [0, 0.1) is 17.8 Å². The molecule has 6 heteroatoms. The Morgan fingerprint density at radius 2 is 2.05 bits per heavy atom. The fourth-order valence-electron chi connectivity index (χ4n) is 2.66. The molecule has 0 saturated heterocycles. The van der Waals surface area contributed by atoms with Crippen LogP contribution in [0.3, 0.4) is 0 Å². The molecule has 1 aromatic heterocycles. The first-order chi connectivity index (χ1) is 9.19. The molecule has 1 amide bonds. The van der Waals surface area contributed by atoms with Gasteiger partial charge in [0.25, 0.3) is 5.91 Å². The fraction of sp³-hybridized carbons (Fsp3) is 0.692. The van der Waals surface area contributed by atoms with E-state index in [4.69, 9.17) is 5.73 Å². The summed E-state index contributed by atoms with van der Waals surface area (Å²) in [6.07, 6.45) is 5.35. The minimum Gasteiger partial charge on any atom is -0.382 e. The maximum atomic E-state index is 12.1. The van der Waals surface area contributed by atoms with Gasteiger partial charge in [-0.3, -0.25) is 4.79 Å². The van der Waals surface area contributed by atoms with Crippen molar-refractivity contribution in [3.63, 3.8) is 0 Å². The molecule has 2 saturated carbocycles. The molecule has 0 aromatic carbocycles. The second kappa shape index (κ2) is 5.00. The molecule has 0 spiro atoms. The zero-order valence-corrected chi connectivity index (χ0v) is 11.9. The molecule has 4 N–H and O–H groups in total. The third-order valence-electron chi connectivity index (χ3n) is 4.03. The number of nitrogens with zero attached hydrogens (tertiary/aromatic N) is 1. The highest BCUT2D eigenvalue weighted by atomic mass is 32.1. The smallest absolute Gasteiger partial charge is 0.265 e. The minimum atomic E-state index is -0.0807. The Bertz CT molecular complexity index is 467. The van der Waals surface area contributed by atoms with Crippen molar-refractivity contribution in [1.82, 2.24) is 10.3 Å². The van der Waals surface area contributed by atoms with Gasteiger partial charge in [0, 0.05) is 13.6 Å². The minimum absolute atomic E-state index is 0.0807. The van der Waals surface area contributed by atoms with E-state index in [1.54, 1.807) is 7.05 Å². The lowest BCUT2D eigenvalue weighted by Crippen LogP contribution is -2.31. The van der Waals surface area contributed by atoms with Gasteiger partial charge in [0.15, 0.2) is 5.13 Å². The molecule has 0 radical (unpaired) electrons. The second-order valence-corrected chi connectivity index (χ2v) is 6.53. The van der Waals surface area contributed by atoms with Crippen LogP contribution in [0.1, 0.15) is 35.4 Å². The molecule has 3 rings (SSSR count). The highest BCUT2D eigenvalue weighted by Crippen LogP contribution is 2.48. The molecule has 0 bridgehead atoms. The first-order valence-corrected chi connectivity index (χ1v) is 7.73. The van der Waals surface area contributed by atoms with Crippen molar-refractivity contribution in [2.45, 2.75) is 25.7 Å². The van der Waals surface area contributed by atoms with Crippen LogP contribution in [0.25, 0.3) is 0 Å². The van der Waals surface area contributed by atoms with E-state index in [1.807, 2.05) is 0 Å². The van der Waals surface area contributed by atoms with Crippen molar-refractivity contribution < 1.29 is 4.79 Å². The summed E-state index contributed by atoms with van der Waals surface area (Å²) in [6, 6.07) is 0. The average Bonchev–Trinajstić information content (AvgIpc) is 3.29. The van der Waals surface area contributed by atoms with Crippen LogP contribution in [-0.2, 0) is 0 Å². The molecule has 0 atom stereocenters. The van der Waals surface area contributed by atoms with E-state index < -0.39 is 0 Å². The number of hydrogen-bond donors (Lipinski definition) is 3. The highest BCUT2D eigenvalue weighted by molar-refractivity contribution is 7.18. The number of aromatic nitrogens is 1. The van der Waals surface area contributed by atoms with Crippen LogP contribution in [-0.4, -0.2) is 24.5 Å². The van der Waals surface area contributed by atoms with Gasteiger partial charge in [-0.1, -0.05) is 11.3 Å². The zero-order chi connectivity index (χ0) is 13.4. The molecular formula is C13H20N4OS.